The van der Waals surface area contributed by atoms with E-state index >= 15 is 0 Å². The summed E-state index contributed by atoms with van der Waals surface area (Å²) in [7, 11) is 1.55. The molecule has 0 saturated heterocycles. The van der Waals surface area contributed by atoms with E-state index in [1.54, 1.807) is 31.1 Å². The Morgan fingerprint density at radius 1 is 1.17 bits per heavy atom. The first-order valence-electron chi connectivity index (χ1n) is 7.25. The number of nitriles is 1. The summed E-state index contributed by atoms with van der Waals surface area (Å²) in [5.41, 5.74) is -0.0243. The van der Waals surface area contributed by atoms with Gasteiger partial charge in [0.15, 0.2) is 0 Å². The summed E-state index contributed by atoms with van der Waals surface area (Å²) in [5, 5.41) is 9.18. The molecule has 2 rings (SSSR count). The maximum atomic E-state index is 12.9. The van der Waals surface area contributed by atoms with Crippen molar-refractivity contribution in [2.75, 3.05) is 18.6 Å². The summed E-state index contributed by atoms with van der Waals surface area (Å²) in [5.74, 6) is 0.724. The van der Waals surface area contributed by atoms with Gasteiger partial charge in [-0.05, 0) is 36.8 Å². The molecule has 0 radical (unpaired) electrons. The van der Waals surface area contributed by atoms with Crippen LogP contribution in [0.1, 0.15) is 23.7 Å². The van der Waals surface area contributed by atoms with Crippen molar-refractivity contribution >= 4 is 5.82 Å². The van der Waals surface area contributed by atoms with Gasteiger partial charge >= 0.3 is 6.18 Å². The fourth-order valence-electron chi connectivity index (χ4n) is 2.22. The molecular formula is C17H16F3N3O. The number of anilines is 1. The molecule has 1 heterocycles. The smallest absolute Gasteiger partial charge is 0.433 e. The van der Waals surface area contributed by atoms with Crippen LogP contribution in [-0.2, 0) is 12.7 Å². The Morgan fingerprint density at radius 3 is 2.33 bits per heavy atom. The van der Waals surface area contributed by atoms with Gasteiger partial charge in [0.2, 0.25) is 0 Å². The molecule has 24 heavy (non-hydrogen) atoms. The summed E-state index contributed by atoms with van der Waals surface area (Å²) >= 11 is 0. The molecule has 0 amide bonds. The van der Waals surface area contributed by atoms with Gasteiger partial charge in [-0.25, -0.2) is 4.98 Å². The van der Waals surface area contributed by atoms with Crippen molar-refractivity contribution in [2.24, 2.45) is 0 Å². The number of alkyl halides is 3. The van der Waals surface area contributed by atoms with Crippen LogP contribution in [0.3, 0.4) is 0 Å². The lowest BCUT2D eigenvalue weighted by atomic mass is 10.1. The first kappa shape index (κ1) is 17.6. The largest absolute Gasteiger partial charge is 0.497 e. The SMILES string of the molecule is CCN(Cc1ccc(OC)cc1)c1nc(C(F)(F)F)ccc1C#N. The lowest BCUT2D eigenvalue weighted by molar-refractivity contribution is -0.141. The number of aromatic nitrogens is 1. The highest BCUT2D eigenvalue weighted by Crippen LogP contribution is 2.31. The minimum atomic E-state index is -4.55. The van der Waals surface area contributed by atoms with Gasteiger partial charge in [-0.15, -0.1) is 0 Å². The number of nitrogens with zero attached hydrogens (tertiary/aromatic N) is 3. The van der Waals surface area contributed by atoms with Crippen LogP contribution in [0.2, 0.25) is 0 Å². The van der Waals surface area contributed by atoms with Crippen molar-refractivity contribution in [1.82, 2.24) is 4.98 Å². The van der Waals surface area contributed by atoms with Crippen LogP contribution in [0.5, 0.6) is 5.75 Å². The predicted octanol–water partition coefficient (Wildman–Crippen LogP) is 4.01. The zero-order valence-electron chi connectivity index (χ0n) is 13.3. The Bertz CT molecular complexity index is 736. The molecule has 7 heteroatoms. The molecule has 4 nitrogen and oxygen atoms in total. The lowest BCUT2D eigenvalue weighted by Gasteiger charge is -2.24. The summed E-state index contributed by atoms with van der Waals surface area (Å²) in [6.45, 7) is 2.55. The van der Waals surface area contributed by atoms with Gasteiger partial charge < -0.3 is 9.64 Å². The van der Waals surface area contributed by atoms with Gasteiger partial charge in [0.25, 0.3) is 0 Å². The maximum absolute atomic E-state index is 12.9. The standard InChI is InChI=1S/C17H16F3N3O/c1-3-23(11-12-4-7-14(24-2)8-5-12)16-13(10-21)6-9-15(22-16)17(18,19)20/h4-9H,3,11H2,1-2H3. The summed E-state index contributed by atoms with van der Waals surface area (Å²) in [6, 6.07) is 11.1. The molecule has 0 fully saturated rings. The van der Waals surface area contributed by atoms with Crippen molar-refractivity contribution in [2.45, 2.75) is 19.6 Å². The molecule has 0 atom stereocenters. The minimum absolute atomic E-state index is 0.0330. The molecule has 1 aromatic heterocycles. The molecule has 0 N–H and O–H groups in total. The van der Waals surface area contributed by atoms with E-state index in [1.807, 2.05) is 18.2 Å². The molecule has 0 bridgehead atoms. The van der Waals surface area contributed by atoms with Gasteiger partial charge in [0.05, 0.1) is 12.7 Å². The molecule has 0 aliphatic heterocycles. The Morgan fingerprint density at radius 2 is 1.83 bits per heavy atom. The highest BCUT2D eigenvalue weighted by Gasteiger charge is 2.33. The summed E-state index contributed by atoms with van der Waals surface area (Å²) < 4.78 is 43.8. The average molecular weight is 335 g/mol. The van der Waals surface area contributed by atoms with Crippen LogP contribution in [0.15, 0.2) is 36.4 Å². The Hall–Kier alpha value is -2.75. The number of halogens is 3. The molecule has 2 aromatic rings. The Labute approximate surface area is 138 Å². The first-order valence-corrected chi connectivity index (χ1v) is 7.25. The zero-order valence-corrected chi connectivity index (χ0v) is 13.3. The molecule has 0 saturated carbocycles. The van der Waals surface area contributed by atoms with Crippen molar-refractivity contribution in [1.29, 1.82) is 5.26 Å². The second kappa shape index (κ2) is 7.21. The van der Waals surface area contributed by atoms with Crippen LogP contribution >= 0.6 is 0 Å². The van der Waals surface area contributed by atoms with Crippen LogP contribution in [0, 0.1) is 11.3 Å². The minimum Gasteiger partial charge on any atom is -0.497 e. The van der Waals surface area contributed by atoms with Crippen LogP contribution in [0.4, 0.5) is 19.0 Å². The average Bonchev–Trinajstić information content (AvgIpc) is 2.58. The second-order valence-electron chi connectivity index (χ2n) is 5.04. The maximum Gasteiger partial charge on any atom is 0.433 e. The molecule has 0 aliphatic rings. The fourth-order valence-corrected chi connectivity index (χ4v) is 2.22. The zero-order chi connectivity index (χ0) is 17.7. The molecule has 0 aliphatic carbocycles. The summed E-state index contributed by atoms with van der Waals surface area (Å²) in [4.78, 5) is 5.30. The first-order chi connectivity index (χ1) is 11.4. The molecule has 1 aromatic carbocycles. The molecule has 0 unspecified atom stereocenters. The summed E-state index contributed by atoms with van der Waals surface area (Å²) in [6.07, 6.45) is -4.55. The molecular weight excluding hydrogens is 319 g/mol. The predicted molar refractivity (Wildman–Crippen MR) is 83.7 cm³/mol. The van der Waals surface area contributed by atoms with Crippen molar-refractivity contribution < 1.29 is 17.9 Å². The van der Waals surface area contributed by atoms with E-state index in [0.29, 0.717) is 18.8 Å². The van der Waals surface area contributed by atoms with Gasteiger partial charge in [-0.3, -0.25) is 0 Å². The van der Waals surface area contributed by atoms with Gasteiger partial charge in [-0.1, -0.05) is 12.1 Å². The van der Waals surface area contributed by atoms with Crippen molar-refractivity contribution in [3.63, 3.8) is 0 Å². The fraction of sp³-hybridized carbons (Fsp3) is 0.294. The van der Waals surface area contributed by atoms with Crippen molar-refractivity contribution in [3.05, 3.63) is 53.2 Å². The van der Waals surface area contributed by atoms with Crippen molar-refractivity contribution in [3.8, 4) is 11.8 Å². The van der Waals surface area contributed by atoms with E-state index in [0.717, 1.165) is 17.7 Å². The molecule has 126 valence electrons. The number of rotatable bonds is 5. The van der Waals surface area contributed by atoms with Gasteiger partial charge in [0.1, 0.15) is 23.3 Å². The van der Waals surface area contributed by atoms with Gasteiger partial charge in [-0.2, -0.15) is 18.4 Å². The lowest BCUT2D eigenvalue weighted by Crippen LogP contribution is -2.25. The van der Waals surface area contributed by atoms with E-state index in [4.69, 9.17) is 4.74 Å². The monoisotopic (exact) mass is 335 g/mol. The highest BCUT2D eigenvalue weighted by molar-refractivity contribution is 5.55. The Balaban J connectivity index is 2.36. The van der Waals surface area contributed by atoms with E-state index in [9.17, 15) is 18.4 Å². The van der Waals surface area contributed by atoms with E-state index in [2.05, 4.69) is 4.98 Å². The number of hydrogen-bond donors (Lipinski definition) is 0. The van der Waals surface area contributed by atoms with E-state index < -0.39 is 11.9 Å². The number of benzene rings is 1. The van der Waals surface area contributed by atoms with E-state index in [-0.39, 0.29) is 11.4 Å². The number of ether oxygens (including phenoxy) is 1. The number of pyridine rings is 1. The third kappa shape index (κ3) is 3.96. The molecule has 0 spiro atoms. The number of methoxy groups -OCH3 is 1. The van der Waals surface area contributed by atoms with Crippen LogP contribution in [0.25, 0.3) is 0 Å². The Kier molecular flexibility index (Phi) is 5.29. The number of hydrogen-bond acceptors (Lipinski definition) is 4. The van der Waals surface area contributed by atoms with Gasteiger partial charge in [0, 0.05) is 13.1 Å². The second-order valence-corrected chi connectivity index (χ2v) is 5.04. The normalized spacial score (nSPS) is 11.0. The quantitative estimate of drug-likeness (QED) is 0.828. The van der Waals surface area contributed by atoms with E-state index in [1.165, 1.54) is 0 Å². The topological polar surface area (TPSA) is 49.1 Å². The van der Waals surface area contributed by atoms with Crippen LogP contribution in [-0.4, -0.2) is 18.6 Å². The third-order valence-electron chi connectivity index (χ3n) is 3.50. The highest BCUT2D eigenvalue weighted by atomic mass is 19.4. The van der Waals surface area contributed by atoms with Crippen LogP contribution < -0.4 is 9.64 Å². The third-order valence-corrected chi connectivity index (χ3v) is 3.50.